The molecule has 0 saturated heterocycles. The van der Waals surface area contributed by atoms with Crippen molar-refractivity contribution in [3.05, 3.63) is 52.8 Å². The van der Waals surface area contributed by atoms with Crippen molar-refractivity contribution in [1.29, 1.82) is 0 Å². The fourth-order valence-corrected chi connectivity index (χ4v) is 1.99. The third-order valence-corrected chi connectivity index (χ3v) is 3.43. The maximum Gasteiger partial charge on any atom is 0.270 e. The number of aromatic amines is 1. The van der Waals surface area contributed by atoms with Crippen molar-refractivity contribution in [1.82, 2.24) is 9.88 Å². The van der Waals surface area contributed by atoms with Gasteiger partial charge < -0.3 is 14.6 Å². The molecule has 0 fully saturated rings. The number of nitrogens with one attached hydrogen (secondary N) is 1. The van der Waals surface area contributed by atoms with Crippen LogP contribution < -0.4 is 4.74 Å². The monoisotopic (exact) mass is 320 g/mol. The molecule has 2 rings (SSSR count). The van der Waals surface area contributed by atoms with Crippen molar-refractivity contribution in [3.63, 3.8) is 0 Å². The molecule has 0 aliphatic heterocycles. The Morgan fingerprint density at radius 2 is 1.95 bits per heavy atom. The highest BCUT2D eigenvalue weighted by Gasteiger charge is 2.14. The van der Waals surface area contributed by atoms with Gasteiger partial charge in [0, 0.05) is 23.8 Å². The summed E-state index contributed by atoms with van der Waals surface area (Å²) in [4.78, 5) is 27.8. The van der Waals surface area contributed by atoms with Crippen LogP contribution >= 0.6 is 11.6 Å². The van der Waals surface area contributed by atoms with Crippen LogP contribution in [0.3, 0.4) is 0 Å². The van der Waals surface area contributed by atoms with E-state index in [9.17, 15) is 9.59 Å². The number of H-pyrrole nitrogens is 1. The van der Waals surface area contributed by atoms with Crippen molar-refractivity contribution in [2.45, 2.75) is 6.92 Å². The normalized spacial score (nSPS) is 10.3. The molecular formula is C16H17ClN2O3. The van der Waals surface area contributed by atoms with Gasteiger partial charge in [0.2, 0.25) is 0 Å². The highest BCUT2D eigenvalue weighted by Crippen LogP contribution is 2.15. The van der Waals surface area contributed by atoms with Crippen LogP contribution in [0.4, 0.5) is 0 Å². The minimum atomic E-state index is -0.188. The van der Waals surface area contributed by atoms with Gasteiger partial charge in [-0.2, -0.15) is 0 Å². The Morgan fingerprint density at radius 3 is 2.55 bits per heavy atom. The highest BCUT2D eigenvalue weighted by molar-refractivity contribution is 6.30. The van der Waals surface area contributed by atoms with Crippen LogP contribution in [0.15, 0.2) is 36.5 Å². The van der Waals surface area contributed by atoms with Crippen molar-refractivity contribution in [3.8, 4) is 5.75 Å². The lowest BCUT2D eigenvalue weighted by Gasteiger charge is -2.16. The van der Waals surface area contributed by atoms with E-state index < -0.39 is 0 Å². The molecule has 1 aromatic carbocycles. The van der Waals surface area contributed by atoms with E-state index >= 15 is 0 Å². The fourth-order valence-electron chi connectivity index (χ4n) is 1.86. The number of hydrogen-bond donors (Lipinski definition) is 1. The number of amides is 1. The number of carbonyl (C=O) groups excluding carboxylic acids is 2. The van der Waals surface area contributed by atoms with Gasteiger partial charge in [0.05, 0.1) is 6.54 Å². The van der Waals surface area contributed by atoms with Crippen LogP contribution in [0.1, 0.15) is 27.8 Å². The Labute approximate surface area is 133 Å². The second-order valence-electron chi connectivity index (χ2n) is 4.89. The summed E-state index contributed by atoms with van der Waals surface area (Å²) >= 11 is 5.79. The van der Waals surface area contributed by atoms with E-state index in [-0.39, 0.29) is 11.7 Å². The maximum atomic E-state index is 12.2. The molecule has 0 radical (unpaired) electrons. The number of benzene rings is 1. The Kier molecular flexibility index (Phi) is 5.22. The van der Waals surface area contributed by atoms with E-state index in [4.69, 9.17) is 16.3 Å². The second-order valence-corrected chi connectivity index (χ2v) is 5.32. The van der Waals surface area contributed by atoms with Gasteiger partial charge in [-0.1, -0.05) is 11.6 Å². The molecule has 1 aromatic heterocycles. The lowest BCUT2D eigenvalue weighted by molar-refractivity contribution is 0.0768. The predicted molar refractivity (Wildman–Crippen MR) is 84.7 cm³/mol. The van der Waals surface area contributed by atoms with Gasteiger partial charge in [0.25, 0.3) is 5.91 Å². The first kappa shape index (κ1) is 16.1. The van der Waals surface area contributed by atoms with Crippen LogP contribution in [-0.2, 0) is 0 Å². The van der Waals surface area contributed by atoms with Crippen LogP contribution in [0.2, 0.25) is 5.02 Å². The molecule has 1 amide bonds. The van der Waals surface area contributed by atoms with E-state index in [1.165, 1.54) is 18.0 Å². The molecule has 0 unspecified atom stereocenters. The lowest BCUT2D eigenvalue weighted by Crippen LogP contribution is -2.31. The number of aromatic nitrogens is 1. The summed E-state index contributed by atoms with van der Waals surface area (Å²) in [5.74, 6) is 0.431. The summed E-state index contributed by atoms with van der Waals surface area (Å²) in [7, 11) is 1.68. The first-order chi connectivity index (χ1) is 10.5. The summed E-state index contributed by atoms with van der Waals surface area (Å²) in [6.45, 7) is 2.25. The first-order valence-corrected chi connectivity index (χ1v) is 7.18. The van der Waals surface area contributed by atoms with Crippen molar-refractivity contribution in [2.75, 3.05) is 20.2 Å². The van der Waals surface area contributed by atoms with Crippen molar-refractivity contribution in [2.24, 2.45) is 0 Å². The van der Waals surface area contributed by atoms with Gasteiger partial charge in [-0.25, -0.2) is 0 Å². The van der Waals surface area contributed by atoms with Gasteiger partial charge in [0.15, 0.2) is 5.78 Å². The SMILES string of the molecule is CC(=O)c1c[nH]c(C(=O)N(C)CCOc2ccc(Cl)cc2)c1. The average molecular weight is 321 g/mol. The average Bonchev–Trinajstić information content (AvgIpc) is 2.98. The van der Waals surface area contributed by atoms with Crippen LogP contribution in [-0.4, -0.2) is 41.8 Å². The number of halogens is 1. The minimum Gasteiger partial charge on any atom is -0.492 e. The Morgan fingerprint density at radius 1 is 1.27 bits per heavy atom. The van der Waals surface area contributed by atoms with Gasteiger partial charge >= 0.3 is 0 Å². The molecule has 0 aliphatic rings. The van der Waals surface area contributed by atoms with Crippen LogP contribution in [0.5, 0.6) is 5.75 Å². The summed E-state index contributed by atoms with van der Waals surface area (Å²) < 4.78 is 5.54. The molecule has 1 heterocycles. The second kappa shape index (κ2) is 7.13. The largest absolute Gasteiger partial charge is 0.492 e. The molecular weight excluding hydrogens is 304 g/mol. The Hall–Kier alpha value is -2.27. The number of ketones is 1. The van der Waals surface area contributed by atoms with Crippen LogP contribution in [0, 0.1) is 0 Å². The van der Waals surface area contributed by atoms with Gasteiger partial charge in [-0.3, -0.25) is 9.59 Å². The number of Topliss-reactive ketones (excluding diaryl/α,β-unsaturated/α-hetero) is 1. The number of rotatable bonds is 6. The predicted octanol–water partition coefficient (Wildman–Crippen LogP) is 3.02. The number of carbonyl (C=O) groups is 2. The molecule has 0 aliphatic carbocycles. The van der Waals surface area contributed by atoms with E-state index in [1.807, 2.05) is 0 Å². The summed E-state index contributed by atoms with van der Waals surface area (Å²) in [5, 5.41) is 0.646. The molecule has 0 bridgehead atoms. The highest BCUT2D eigenvalue weighted by atomic mass is 35.5. The molecule has 0 spiro atoms. The topological polar surface area (TPSA) is 62.4 Å². The Bertz CT molecular complexity index is 664. The standard InChI is InChI=1S/C16H17ClN2O3/c1-11(20)12-9-15(18-10-12)16(21)19(2)7-8-22-14-5-3-13(17)4-6-14/h3-6,9-10,18H,7-8H2,1-2H3. The third-order valence-electron chi connectivity index (χ3n) is 3.18. The molecule has 6 heteroatoms. The van der Waals surface area contributed by atoms with Crippen molar-refractivity contribution >= 4 is 23.3 Å². The summed E-state index contributed by atoms with van der Waals surface area (Å²) in [5.41, 5.74) is 0.883. The molecule has 5 nitrogen and oxygen atoms in total. The minimum absolute atomic E-state index is 0.0796. The smallest absolute Gasteiger partial charge is 0.270 e. The number of ether oxygens (including phenoxy) is 1. The van der Waals surface area contributed by atoms with Gasteiger partial charge in [0.1, 0.15) is 18.1 Å². The van der Waals surface area contributed by atoms with Crippen LogP contribution in [0.25, 0.3) is 0 Å². The van der Waals surface area contributed by atoms with E-state index in [0.29, 0.717) is 35.2 Å². The third kappa shape index (κ3) is 4.11. The van der Waals surface area contributed by atoms with E-state index in [1.54, 1.807) is 37.4 Å². The quantitative estimate of drug-likeness (QED) is 0.832. The number of hydrogen-bond acceptors (Lipinski definition) is 3. The number of nitrogens with zero attached hydrogens (tertiary/aromatic N) is 1. The molecule has 1 N–H and O–H groups in total. The zero-order chi connectivity index (χ0) is 16.1. The first-order valence-electron chi connectivity index (χ1n) is 6.80. The summed E-state index contributed by atoms with van der Waals surface area (Å²) in [6, 6.07) is 8.59. The summed E-state index contributed by atoms with van der Waals surface area (Å²) in [6.07, 6.45) is 1.54. The molecule has 0 saturated carbocycles. The number of likely N-dealkylation sites (N-methyl/N-ethyl adjacent to an activating group) is 1. The molecule has 2 aromatic rings. The van der Waals surface area contributed by atoms with Gasteiger partial charge in [-0.05, 0) is 37.3 Å². The van der Waals surface area contributed by atoms with E-state index in [0.717, 1.165) is 0 Å². The fraction of sp³-hybridized carbons (Fsp3) is 0.250. The molecule has 22 heavy (non-hydrogen) atoms. The lowest BCUT2D eigenvalue weighted by atomic mass is 10.2. The van der Waals surface area contributed by atoms with E-state index in [2.05, 4.69) is 4.98 Å². The molecule has 116 valence electrons. The maximum absolute atomic E-state index is 12.2. The zero-order valence-corrected chi connectivity index (χ0v) is 13.2. The van der Waals surface area contributed by atoms with Gasteiger partial charge in [-0.15, -0.1) is 0 Å². The molecule has 0 atom stereocenters. The zero-order valence-electron chi connectivity index (χ0n) is 12.4. The van der Waals surface area contributed by atoms with Crippen molar-refractivity contribution < 1.29 is 14.3 Å². The Balaban J connectivity index is 1.85.